The van der Waals surface area contributed by atoms with Crippen LogP contribution in [0, 0.1) is 5.92 Å². The highest BCUT2D eigenvalue weighted by molar-refractivity contribution is 7.80. The van der Waals surface area contributed by atoms with Gasteiger partial charge in [-0.3, -0.25) is 0 Å². The van der Waals surface area contributed by atoms with Crippen molar-refractivity contribution in [3.8, 4) is 5.88 Å². The van der Waals surface area contributed by atoms with Crippen LogP contribution in [0.3, 0.4) is 0 Å². The fraction of sp³-hybridized carbons (Fsp3) is 0.643. The molecule has 1 aliphatic heterocycles. The molecule has 1 aliphatic rings. The van der Waals surface area contributed by atoms with Gasteiger partial charge in [-0.1, -0.05) is 6.92 Å². The second kappa shape index (κ2) is 7.40. The molecular formula is C14H23N5OS. The fourth-order valence-electron chi connectivity index (χ4n) is 2.44. The summed E-state index contributed by atoms with van der Waals surface area (Å²) in [6, 6.07) is 1.87. The maximum absolute atomic E-state index is 5.27. The van der Waals surface area contributed by atoms with Crippen molar-refractivity contribution < 1.29 is 4.74 Å². The molecule has 0 aromatic carbocycles. The van der Waals surface area contributed by atoms with Gasteiger partial charge in [0.15, 0.2) is 5.11 Å². The van der Waals surface area contributed by atoms with Gasteiger partial charge >= 0.3 is 0 Å². The fourth-order valence-corrected chi connectivity index (χ4v) is 2.67. The lowest BCUT2D eigenvalue weighted by Crippen LogP contribution is -2.35. The molecule has 6 nitrogen and oxygen atoms in total. The number of methoxy groups -OCH3 is 1. The lowest BCUT2D eigenvalue weighted by Gasteiger charge is -2.32. The molecule has 2 N–H and O–H groups in total. The molecule has 0 spiro atoms. The summed E-state index contributed by atoms with van der Waals surface area (Å²) in [4.78, 5) is 11.1. The lowest BCUT2D eigenvalue weighted by molar-refractivity contribution is 0.396. The average Bonchev–Trinajstić information content (AvgIpc) is 2.47. The van der Waals surface area contributed by atoms with Gasteiger partial charge in [-0.05, 0) is 37.9 Å². The van der Waals surface area contributed by atoms with Crippen LogP contribution >= 0.6 is 12.2 Å². The summed E-state index contributed by atoms with van der Waals surface area (Å²) in [5.74, 6) is 2.57. The molecule has 1 saturated heterocycles. The third-order valence-electron chi connectivity index (χ3n) is 3.44. The second-order valence-electron chi connectivity index (χ2n) is 5.27. The summed E-state index contributed by atoms with van der Waals surface area (Å²) < 4.78 is 5.27. The normalized spacial score (nSPS) is 18.2. The highest BCUT2D eigenvalue weighted by atomic mass is 32.1. The number of rotatable bonds is 4. The number of aromatic nitrogens is 2. The van der Waals surface area contributed by atoms with Crippen molar-refractivity contribution in [3.05, 3.63) is 6.07 Å². The van der Waals surface area contributed by atoms with Crippen molar-refractivity contribution >= 4 is 29.1 Å². The van der Waals surface area contributed by atoms with Crippen LogP contribution in [-0.4, -0.2) is 41.8 Å². The third-order valence-corrected chi connectivity index (χ3v) is 3.69. The van der Waals surface area contributed by atoms with E-state index >= 15 is 0 Å². The molecule has 1 atom stereocenters. The van der Waals surface area contributed by atoms with E-state index < -0.39 is 0 Å². The van der Waals surface area contributed by atoms with Crippen molar-refractivity contribution in [1.29, 1.82) is 0 Å². The first kappa shape index (κ1) is 15.8. The SMILES string of the molecule is CCNC(=S)Nc1nc(OC)cc(N2CCCC(C)C2)n1. The Morgan fingerprint density at radius 2 is 2.33 bits per heavy atom. The van der Waals surface area contributed by atoms with Crippen molar-refractivity contribution in [1.82, 2.24) is 15.3 Å². The second-order valence-corrected chi connectivity index (χ2v) is 5.68. The highest BCUT2D eigenvalue weighted by Crippen LogP contribution is 2.24. The molecule has 7 heteroatoms. The van der Waals surface area contributed by atoms with Crippen molar-refractivity contribution in [2.45, 2.75) is 26.7 Å². The molecule has 2 rings (SSSR count). The molecule has 0 amide bonds. The van der Waals surface area contributed by atoms with Gasteiger partial charge in [0.25, 0.3) is 0 Å². The summed E-state index contributed by atoms with van der Waals surface area (Å²) in [5.41, 5.74) is 0. The summed E-state index contributed by atoms with van der Waals surface area (Å²) >= 11 is 5.18. The van der Waals surface area contributed by atoms with Crippen molar-refractivity contribution in [3.63, 3.8) is 0 Å². The van der Waals surface area contributed by atoms with E-state index in [4.69, 9.17) is 17.0 Å². The first-order valence-electron chi connectivity index (χ1n) is 7.35. The van der Waals surface area contributed by atoms with E-state index in [0.717, 1.165) is 25.5 Å². The van der Waals surface area contributed by atoms with E-state index in [1.54, 1.807) is 7.11 Å². The van der Waals surface area contributed by atoms with Gasteiger partial charge in [0.2, 0.25) is 11.8 Å². The Labute approximate surface area is 131 Å². The van der Waals surface area contributed by atoms with E-state index in [9.17, 15) is 0 Å². The molecule has 0 bridgehead atoms. The zero-order valence-electron chi connectivity index (χ0n) is 12.8. The first-order chi connectivity index (χ1) is 10.1. The Hall–Kier alpha value is -1.63. The van der Waals surface area contributed by atoms with E-state index in [-0.39, 0.29) is 0 Å². The molecule has 1 unspecified atom stereocenters. The Kier molecular flexibility index (Phi) is 5.55. The maximum atomic E-state index is 5.27. The molecule has 1 aromatic heterocycles. The standard InChI is InChI=1S/C14H23N5OS/c1-4-15-14(21)18-13-16-11(8-12(17-13)20-3)19-7-5-6-10(2)9-19/h8,10H,4-7,9H2,1-3H3,(H2,15,16,17,18,21). The van der Waals surface area contributed by atoms with E-state index in [1.807, 2.05) is 13.0 Å². The number of ether oxygens (including phenoxy) is 1. The zero-order chi connectivity index (χ0) is 15.2. The Bertz CT molecular complexity index is 496. The van der Waals surface area contributed by atoms with E-state index in [0.29, 0.717) is 22.9 Å². The highest BCUT2D eigenvalue weighted by Gasteiger charge is 2.19. The number of thiocarbonyl (C=S) groups is 1. The molecule has 0 radical (unpaired) electrons. The number of hydrogen-bond acceptors (Lipinski definition) is 5. The molecule has 0 aliphatic carbocycles. The third kappa shape index (κ3) is 4.42. The number of anilines is 2. The predicted octanol–water partition coefficient (Wildman–Crippen LogP) is 2.03. The summed E-state index contributed by atoms with van der Waals surface area (Å²) in [6.07, 6.45) is 2.46. The largest absolute Gasteiger partial charge is 0.481 e. The number of hydrogen-bond donors (Lipinski definition) is 2. The summed E-state index contributed by atoms with van der Waals surface area (Å²) in [6.45, 7) is 7.04. The molecule has 21 heavy (non-hydrogen) atoms. The van der Waals surface area contributed by atoms with Gasteiger partial charge in [-0.2, -0.15) is 9.97 Å². The zero-order valence-corrected chi connectivity index (χ0v) is 13.7. The molecule has 116 valence electrons. The van der Waals surface area contributed by atoms with Crippen LogP contribution < -0.4 is 20.3 Å². The molecule has 1 fully saturated rings. The Morgan fingerprint density at radius 1 is 1.52 bits per heavy atom. The monoisotopic (exact) mass is 309 g/mol. The predicted molar refractivity (Wildman–Crippen MR) is 89.1 cm³/mol. The van der Waals surface area contributed by atoms with Crippen LogP contribution in [0.1, 0.15) is 26.7 Å². The van der Waals surface area contributed by atoms with Gasteiger partial charge in [0.1, 0.15) is 5.82 Å². The van der Waals surface area contributed by atoms with Gasteiger partial charge in [0, 0.05) is 25.7 Å². The average molecular weight is 309 g/mol. The minimum absolute atomic E-state index is 0.466. The molecule has 1 aromatic rings. The number of piperidine rings is 1. The summed E-state index contributed by atoms with van der Waals surface area (Å²) in [7, 11) is 1.61. The van der Waals surface area contributed by atoms with Gasteiger partial charge in [-0.25, -0.2) is 0 Å². The van der Waals surface area contributed by atoms with Crippen molar-refractivity contribution in [2.75, 3.05) is 37.0 Å². The summed E-state index contributed by atoms with van der Waals surface area (Å²) in [5, 5.41) is 6.54. The van der Waals surface area contributed by atoms with Crippen LogP contribution in [0.25, 0.3) is 0 Å². The molecule has 0 saturated carbocycles. The minimum atomic E-state index is 0.466. The topological polar surface area (TPSA) is 62.3 Å². The van der Waals surface area contributed by atoms with Crippen LogP contribution in [0.4, 0.5) is 11.8 Å². The van der Waals surface area contributed by atoms with Crippen LogP contribution in [0.5, 0.6) is 5.88 Å². The quantitative estimate of drug-likeness (QED) is 0.825. The van der Waals surface area contributed by atoms with Crippen LogP contribution in [0.15, 0.2) is 6.07 Å². The first-order valence-corrected chi connectivity index (χ1v) is 7.76. The smallest absolute Gasteiger partial charge is 0.234 e. The van der Waals surface area contributed by atoms with Gasteiger partial charge in [-0.15, -0.1) is 0 Å². The van der Waals surface area contributed by atoms with Crippen LogP contribution in [-0.2, 0) is 0 Å². The number of nitrogens with zero attached hydrogens (tertiary/aromatic N) is 3. The van der Waals surface area contributed by atoms with Crippen LogP contribution in [0.2, 0.25) is 0 Å². The molecular weight excluding hydrogens is 286 g/mol. The van der Waals surface area contributed by atoms with Gasteiger partial charge in [0.05, 0.1) is 7.11 Å². The Balaban J connectivity index is 2.18. The maximum Gasteiger partial charge on any atom is 0.234 e. The van der Waals surface area contributed by atoms with E-state index in [1.165, 1.54) is 12.8 Å². The lowest BCUT2D eigenvalue weighted by atomic mass is 10.0. The number of nitrogens with one attached hydrogen (secondary N) is 2. The molecule has 2 heterocycles. The minimum Gasteiger partial charge on any atom is -0.481 e. The Morgan fingerprint density at radius 3 is 3.00 bits per heavy atom. The van der Waals surface area contributed by atoms with Gasteiger partial charge < -0.3 is 20.3 Å². The van der Waals surface area contributed by atoms with E-state index in [2.05, 4.69) is 32.4 Å². The van der Waals surface area contributed by atoms with Crippen molar-refractivity contribution in [2.24, 2.45) is 5.92 Å².